The third-order valence-electron chi connectivity index (χ3n) is 13.9. The predicted molar refractivity (Wildman–Crippen MR) is 214 cm³/mol. The highest BCUT2D eigenvalue weighted by molar-refractivity contribution is 6.39. The van der Waals surface area contributed by atoms with Gasteiger partial charge in [0.1, 0.15) is 23.5 Å². The van der Waals surface area contributed by atoms with Crippen LogP contribution in [0.1, 0.15) is 126 Å². The molecule has 318 valence electrons. The van der Waals surface area contributed by atoms with Crippen LogP contribution in [-0.2, 0) is 38.1 Å². The third kappa shape index (κ3) is 10.8. The van der Waals surface area contributed by atoms with Crippen molar-refractivity contribution in [2.45, 2.75) is 168 Å². The number of ether oxygens (including phenoxy) is 4. The molecule has 56 heavy (non-hydrogen) atoms. The number of carbonyl (C=O) groups excluding carboxylic acids is 4. The molecule has 11 heteroatoms. The van der Waals surface area contributed by atoms with Gasteiger partial charge in [0.05, 0.1) is 24.4 Å². The zero-order valence-corrected chi connectivity index (χ0v) is 36.0. The van der Waals surface area contributed by atoms with Gasteiger partial charge in [0.15, 0.2) is 0 Å². The van der Waals surface area contributed by atoms with Crippen LogP contribution in [0.2, 0.25) is 0 Å². The van der Waals surface area contributed by atoms with Crippen molar-refractivity contribution in [3.8, 4) is 0 Å². The maximum absolute atomic E-state index is 14.3. The highest BCUT2D eigenvalue weighted by Gasteiger charge is 2.55. The molecule has 2 saturated carbocycles. The highest BCUT2D eigenvalue weighted by Crippen LogP contribution is 2.43. The van der Waals surface area contributed by atoms with Crippen molar-refractivity contribution in [2.75, 3.05) is 27.9 Å². The summed E-state index contributed by atoms with van der Waals surface area (Å²) in [6.45, 7) is 13.9. The Hall–Kier alpha value is -2.44. The number of hydrogen-bond donors (Lipinski definition) is 2. The van der Waals surface area contributed by atoms with Crippen molar-refractivity contribution in [2.24, 2.45) is 41.4 Å². The predicted octanol–water partition coefficient (Wildman–Crippen LogP) is 6.41. The van der Waals surface area contributed by atoms with Crippen LogP contribution in [0, 0.1) is 41.4 Å². The number of Topliss-reactive ketones (excluding diaryl/α,β-unsaturated/α-hetero) is 2. The van der Waals surface area contributed by atoms with Gasteiger partial charge in [-0.25, -0.2) is 4.79 Å². The van der Waals surface area contributed by atoms with Gasteiger partial charge in [0.25, 0.3) is 11.7 Å². The number of cyclic esters (lactones) is 1. The maximum atomic E-state index is 14.3. The summed E-state index contributed by atoms with van der Waals surface area (Å²) in [6, 6.07) is -1.04. The Morgan fingerprint density at radius 3 is 2.23 bits per heavy atom. The van der Waals surface area contributed by atoms with Crippen molar-refractivity contribution in [3.05, 3.63) is 23.3 Å². The van der Waals surface area contributed by atoms with Crippen molar-refractivity contribution >= 4 is 23.4 Å². The lowest BCUT2D eigenvalue weighted by Gasteiger charge is -2.47. The van der Waals surface area contributed by atoms with Crippen molar-refractivity contribution in [1.82, 2.24) is 4.90 Å². The summed E-state index contributed by atoms with van der Waals surface area (Å²) in [4.78, 5) is 58.1. The van der Waals surface area contributed by atoms with Crippen LogP contribution >= 0.6 is 0 Å². The number of esters is 1. The number of aliphatic hydroxyl groups excluding tert-OH is 1. The molecule has 1 saturated heterocycles. The van der Waals surface area contributed by atoms with Crippen LogP contribution in [0.15, 0.2) is 23.3 Å². The Morgan fingerprint density at radius 1 is 0.929 bits per heavy atom. The molecule has 0 radical (unpaired) electrons. The molecule has 3 fully saturated rings. The van der Waals surface area contributed by atoms with Crippen molar-refractivity contribution in [3.63, 3.8) is 0 Å². The number of carbonyl (C=O) groups is 4. The SMILES string of the molecule is CC[C@@H]1/C=C(\C)C[C@H](C)C[C@H](OC)[C@H]2C[C@@](O)(C(=O)C(=O)N3CCCC[C@H]3C(=O)O[C@H](/C(C)=C/[C@@H]3CC[C@@H](C)[C@H](OC)C3)[C@H](C)[C@@H](O)CC1=O)[C@H](C)C[C@@H]2OC. The van der Waals surface area contributed by atoms with Gasteiger partial charge in [0, 0.05) is 52.0 Å². The van der Waals surface area contributed by atoms with E-state index >= 15 is 0 Å². The summed E-state index contributed by atoms with van der Waals surface area (Å²) >= 11 is 0. The lowest BCUT2D eigenvalue weighted by Crippen LogP contribution is -2.61. The Labute approximate surface area is 336 Å². The van der Waals surface area contributed by atoms with Gasteiger partial charge in [-0.2, -0.15) is 0 Å². The van der Waals surface area contributed by atoms with E-state index in [0.29, 0.717) is 50.9 Å². The fourth-order valence-corrected chi connectivity index (χ4v) is 10.3. The Balaban J connectivity index is 1.76. The number of hydrogen-bond acceptors (Lipinski definition) is 10. The molecule has 11 nitrogen and oxygen atoms in total. The number of amides is 1. The molecule has 4 aliphatic rings. The van der Waals surface area contributed by atoms with Gasteiger partial charge >= 0.3 is 5.97 Å². The third-order valence-corrected chi connectivity index (χ3v) is 13.9. The maximum Gasteiger partial charge on any atom is 0.329 e. The lowest BCUT2D eigenvalue weighted by atomic mass is 9.65. The first-order valence-corrected chi connectivity index (χ1v) is 21.4. The van der Waals surface area contributed by atoms with E-state index in [2.05, 4.69) is 19.9 Å². The Morgan fingerprint density at radius 2 is 1.59 bits per heavy atom. The van der Waals surface area contributed by atoms with Crippen molar-refractivity contribution in [1.29, 1.82) is 0 Å². The number of nitrogens with zero attached hydrogens (tertiary/aromatic N) is 1. The number of ketones is 2. The van der Waals surface area contributed by atoms with Crippen LogP contribution in [0.3, 0.4) is 0 Å². The largest absolute Gasteiger partial charge is 0.456 e. The molecule has 0 aromatic rings. The molecule has 2 N–H and O–H groups in total. The second-order valence-electron chi connectivity index (χ2n) is 18.1. The average Bonchev–Trinajstić information content (AvgIpc) is 3.18. The monoisotopic (exact) mass is 788 g/mol. The fourth-order valence-electron chi connectivity index (χ4n) is 10.3. The van der Waals surface area contributed by atoms with Crippen molar-refractivity contribution < 1.29 is 48.3 Å². The van der Waals surface area contributed by atoms with E-state index in [4.69, 9.17) is 18.9 Å². The van der Waals surface area contributed by atoms with Gasteiger partial charge in [0.2, 0.25) is 0 Å². The van der Waals surface area contributed by atoms with Gasteiger partial charge in [-0.15, -0.1) is 0 Å². The number of piperidine rings is 1. The van der Waals surface area contributed by atoms with Gasteiger partial charge < -0.3 is 34.1 Å². The average molecular weight is 788 g/mol. The number of allylic oxidation sites excluding steroid dienone is 3. The summed E-state index contributed by atoms with van der Waals surface area (Å²) in [5.41, 5.74) is -0.162. The first-order chi connectivity index (χ1) is 26.5. The van der Waals surface area contributed by atoms with Gasteiger partial charge in [-0.05, 0) is 114 Å². The summed E-state index contributed by atoms with van der Waals surface area (Å²) < 4.78 is 24.1. The first kappa shape index (κ1) is 46.3. The fraction of sp³-hybridized carbons (Fsp3) is 0.822. The van der Waals surface area contributed by atoms with E-state index in [-0.39, 0.29) is 67.2 Å². The second kappa shape index (κ2) is 20.5. The number of fused-ring (bicyclic) bond motifs is 3. The lowest BCUT2D eigenvalue weighted by molar-refractivity contribution is -0.178. The van der Waals surface area contributed by atoms with Crippen LogP contribution in [0.5, 0.6) is 0 Å². The van der Waals surface area contributed by atoms with E-state index in [0.717, 1.165) is 30.4 Å². The second-order valence-corrected chi connectivity index (χ2v) is 18.1. The van der Waals surface area contributed by atoms with Crippen LogP contribution in [0.4, 0.5) is 0 Å². The van der Waals surface area contributed by atoms with E-state index in [1.165, 1.54) is 4.90 Å². The van der Waals surface area contributed by atoms with E-state index in [1.54, 1.807) is 35.2 Å². The molecule has 1 amide bonds. The molecular weight excluding hydrogens is 714 g/mol. The Bertz CT molecular complexity index is 1430. The molecule has 0 spiro atoms. The normalized spacial score (nSPS) is 41.6. The summed E-state index contributed by atoms with van der Waals surface area (Å²) in [5.74, 6) is -3.80. The van der Waals surface area contributed by atoms with E-state index in [1.807, 2.05) is 26.8 Å². The molecule has 2 bridgehead atoms. The zero-order chi connectivity index (χ0) is 41.5. The Kier molecular flexibility index (Phi) is 16.9. The zero-order valence-electron chi connectivity index (χ0n) is 36.0. The first-order valence-electron chi connectivity index (χ1n) is 21.4. The number of aliphatic hydroxyl groups is 2. The minimum absolute atomic E-state index is 0.0159. The molecule has 0 aromatic heterocycles. The minimum atomic E-state index is -1.98. The smallest absolute Gasteiger partial charge is 0.329 e. The quantitative estimate of drug-likeness (QED) is 0.176. The summed E-state index contributed by atoms with van der Waals surface area (Å²) in [5, 5.41) is 23.9. The molecule has 0 unspecified atom stereocenters. The van der Waals surface area contributed by atoms with Crippen LogP contribution in [-0.4, -0.2) is 109 Å². The molecular formula is C45H73NO10. The molecule has 2 aliphatic carbocycles. The van der Waals surface area contributed by atoms with E-state index in [9.17, 15) is 29.4 Å². The standard InChI is InChI=1S/C45H73NO10/c1-11-33-19-26(2)18-27(3)20-39(54-9)34-25-45(52,30(6)22-40(34)55-10)42(49)43(50)46-17-13-12-14-35(46)44(51)56-41(31(7)36(47)24-37(33)48)29(5)21-32-16-15-28(4)38(23-32)53-8/h19,21,27-28,30-36,38-41,47,52H,11-18,20,22-25H2,1-10H3/b26-19+,29-21+/t27-,28+,30+,31+,32-,33+,34+,35-,36-,38+,39-,40-,41+,45-/m0/s1. The highest BCUT2D eigenvalue weighted by atomic mass is 16.5. The molecule has 2 aliphatic heterocycles. The summed E-state index contributed by atoms with van der Waals surface area (Å²) in [6.07, 6.45) is 8.02. The van der Waals surface area contributed by atoms with Gasteiger partial charge in [-0.1, -0.05) is 52.3 Å². The number of methoxy groups -OCH3 is 3. The van der Waals surface area contributed by atoms with Crippen LogP contribution < -0.4 is 0 Å². The molecule has 2 heterocycles. The molecule has 0 aromatic carbocycles. The topological polar surface area (TPSA) is 149 Å². The summed E-state index contributed by atoms with van der Waals surface area (Å²) in [7, 11) is 4.97. The molecule has 14 atom stereocenters. The number of rotatable bonds is 6. The van der Waals surface area contributed by atoms with Gasteiger partial charge in [-0.3, -0.25) is 14.4 Å². The minimum Gasteiger partial charge on any atom is -0.456 e. The van der Waals surface area contributed by atoms with Crippen LogP contribution in [0.25, 0.3) is 0 Å². The molecule has 4 rings (SSSR count). The van der Waals surface area contributed by atoms with E-state index < -0.39 is 53.3 Å².